The normalized spacial score (nSPS) is 10.8. The topological polar surface area (TPSA) is 69.9 Å². The van der Waals surface area contributed by atoms with Gasteiger partial charge in [0.25, 0.3) is 0 Å². The molecule has 0 N–H and O–H groups in total. The van der Waals surface area contributed by atoms with Crippen molar-refractivity contribution >= 4 is 33.5 Å². The van der Waals surface area contributed by atoms with Gasteiger partial charge in [-0.25, -0.2) is 0 Å². The van der Waals surface area contributed by atoms with Crippen LogP contribution in [-0.2, 0) is 11.3 Å². The summed E-state index contributed by atoms with van der Waals surface area (Å²) in [5.74, 6) is 1.05. The lowest BCUT2D eigenvalue weighted by molar-refractivity contribution is 0.102. The third-order valence-electron chi connectivity index (χ3n) is 3.68. The molecule has 3 aromatic rings. The Morgan fingerprint density at radius 2 is 1.96 bits per heavy atom. The summed E-state index contributed by atoms with van der Waals surface area (Å²) in [6.45, 7) is 1.13. The Balaban J connectivity index is 1.80. The Bertz CT molecular complexity index is 886. The van der Waals surface area contributed by atoms with Crippen LogP contribution in [0.4, 0.5) is 0 Å². The first kappa shape index (κ1) is 18.8. The number of carbonyl (C=O) groups excluding carboxylic acids is 1. The average molecular weight is 433 g/mol. The molecule has 134 valence electrons. The van der Waals surface area contributed by atoms with E-state index in [0.29, 0.717) is 23.9 Å². The summed E-state index contributed by atoms with van der Waals surface area (Å²) in [6.07, 6.45) is 3.43. The van der Waals surface area contributed by atoms with Crippen LogP contribution in [0.5, 0.6) is 0 Å². The highest BCUT2D eigenvalue weighted by atomic mass is 79.9. The molecule has 8 heteroatoms. The van der Waals surface area contributed by atoms with E-state index in [1.165, 1.54) is 11.8 Å². The van der Waals surface area contributed by atoms with Crippen molar-refractivity contribution in [3.8, 4) is 11.4 Å². The van der Waals surface area contributed by atoms with E-state index >= 15 is 0 Å². The maximum absolute atomic E-state index is 12.5. The Morgan fingerprint density at radius 3 is 2.69 bits per heavy atom. The molecule has 0 amide bonds. The molecule has 2 heterocycles. The van der Waals surface area contributed by atoms with Gasteiger partial charge in [-0.2, -0.15) is 0 Å². The van der Waals surface area contributed by atoms with Crippen LogP contribution in [0, 0.1) is 0 Å². The van der Waals surface area contributed by atoms with Crippen LogP contribution in [0.1, 0.15) is 10.4 Å². The molecule has 0 saturated heterocycles. The van der Waals surface area contributed by atoms with Crippen LogP contribution in [-0.4, -0.2) is 45.0 Å². The van der Waals surface area contributed by atoms with Crippen LogP contribution in [0.3, 0.4) is 0 Å². The first-order chi connectivity index (χ1) is 12.7. The van der Waals surface area contributed by atoms with Gasteiger partial charge in [-0.15, -0.1) is 10.2 Å². The van der Waals surface area contributed by atoms with Gasteiger partial charge in [0, 0.05) is 35.1 Å². The molecule has 0 aliphatic heterocycles. The minimum absolute atomic E-state index is 0.0363. The molecular weight excluding hydrogens is 416 g/mol. The second-order valence-corrected chi connectivity index (χ2v) is 7.18. The van der Waals surface area contributed by atoms with Crippen LogP contribution >= 0.6 is 27.7 Å². The highest BCUT2D eigenvalue weighted by Gasteiger charge is 2.17. The van der Waals surface area contributed by atoms with Crippen molar-refractivity contribution in [2.45, 2.75) is 11.7 Å². The van der Waals surface area contributed by atoms with Gasteiger partial charge in [-0.05, 0) is 18.2 Å². The van der Waals surface area contributed by atoms with Gasteiger partial charge in [-0.3, -0.25) is 14.3 Å². The number of pyridine rings is 1. The van der Waals surface area contributed by atoms with E-state index in [9.17, 15) is 4.79 Å². The summed E-state index contributed by atoms with van der Waals surface area (Å²) < 4.78 is 7.96. The zero-order valence-corrected chi connectivity index (χ0v) is 16.5. The number of halogens is 1. The zero-order chi connectivity index (χ0) is 18.4. The number of Topliss-reactive ketones (excluding diaryl/α,β-unsaturated/α-hetero) is 1. The molecule has 26 heavy (non-hydrogen) atoms. The molecule has 3 rings (SSSR count). The maximum Gasteiger partial charge on any atom is 0.192 e. The summed E-state index contributed by atoms with van der Waals surface area (Å²) in [6, 6.07) is 11.2. The molecule has 0 atom stereocenters. The molecule has 0 aliphatic rings. The van der Waals surface area contributed by atoms with Crippen molar-refractivity contribution in [1.29, 1.82) is 0 Å². The SMILES string of the molecule is COCCn1c(SCC(=O)c2ccccc2Br)nnc1-c1ccncc1. The van der Waals surface area contributed by atoms with Gasteiger partial charge in [0.2, 0.25) is 0 Å². The molecule has 0 fully saturated rings. The van der Waals surface area contributed by atoms with E-state index in [0.717, 1.165) is 15.9 Å². The summed E-state index contributed by atoms with van der Waals surface area (Å²) in [5, 5.41) is 9.25. The fourth-order valence-electron chi connectivity index (χ4n) is 2.39. The summed E-state index contributed by atoms with van der Waals surface area (Å²) in [5.41, 5.74) is 1.59. The van der Waals surface area contributed by atoms with Crippen LogP contribution in [0.25, 0.3) is 11.4 Å². The predicted octanol–water partition coefficient (Wildman–Crippen LogP) is 3.72. The lowest BCUT2D eigenvalue weighted by Crippen LogP contribution is -2.09. The fraction of sp³-hybridized carbons (Fsp3) is 0.222. The number of aromatic nitrogens is 4. The largest absolute Gasteiger partial charge is 0.383 e. The minimum Gasteiger partial charge on any atom is -0.383 e. The molecule has 0 unspecified atom stereocenters. The molecule has 0 saturated carbocycles. The Kier molecular flexibility index (Phi) is 6.54. The van der Waals surface area contributed by atoms with E-state index in [2.05, 4.69) is 31.1 Å². The number of hydrogen-bond acceptors (Lipinski definition) is 6. The van der Waals surface area contributed by atoms with Gasteiger partial charge in [-0.1, -0.05) is 45.9 Å². The van der Waals surface area contributed by atoms with Gasteiger partial charge in [0.05, 0.1) is 18.9 Å². The first-order valence-electron chi connectivity index (χ1n) is 7.93. The van der Waals surface area contributed by atoms with Crippen molar-refractivity contribution in [3.05, 3.63) is 58.8 Å². The summed E-state index contributed by atoms with van der Waals surface area (Å²) >= 11 is 4.79. The Labute approximate surface area is 164 Å². The maximum atomic E-state index is 12.5. The molecule has 0 radical (unpaired) electrons. The molecule has 1 aromatic carbocycles. The number of ether oxygens (including phenoxy) is 1. The summed E-state index contributed by atoms with van der Waals surface area (Å²) in [4.78, 5) is 16.5. The number of carbonyl (C=O) groups is 1. The molecular formula is C18H17BrN4O2S. The van der Waals surface area contributed by atoms with Gasteiger partial charge < -0.3 is 4.74 Å². The van der Waals surface area contributed by atoms with Crippen molar-refractivity contribution < 1.29 is 9.53 Å². The second-order valence-electron chi connectivity index (χ2n) is 5.38. The quantitative estimate of drug-likeness (QED) is 0.398. The van der Waals surface area contributed by atoms with Gasteiger partial charge >= 0.3 is 0 Å². The van der Waals surface area contributed by atoms with Gasteiger partial charge in [0.15, 0.2) is 16.8 Å². The number of benzene rings is 1. The molecule has 2 aromatic heterocycles. The third-order valence-corrected chi connectivity index (χ3v) is 5.34. The number of thioether (sulfide) groups is 1. The minimum atomic E-state index is 0.0363. The standard InChI is InChI=1S/C18H17BrN4O2S/c1-25-11-10-23-17(13-6-8-20-9-7-13)21-22-18(23)26-12-16(24)14-4-2-3-5-15(14)19/h2-9H,10-12H2,1H3. The third kappa shape index (κ3) is 4.38. The van der Waals surface area contributed by atoms with Crippen LogP contribution in [0.15, 0.2) is 58.4 Å². The average Bonchev–Trinajstić information content (AvgIpc) is 3.08. The smallest absolute Gasteiger partial charge is 0.192 e. The lowest BCUT2D eigenvalue weighted by atomic mass is 10.1. The number of rotatable bonds is 8. The highest BCUT2D eigenvalue weighted by molar-refractivity contribution is 9.10. The predicted molar refractivity (Wildman–Crippen MR) is 104 cm³/mol. The fourth-order valence-corrected chi connectivity index (χ4v) is 3.74. The van der Waals surface area contributed by atoms with Gasteiger partial charge in [0.1, 0.15) is 0 Å². The van der Waals surface area contributed by atoms with Crippen molar-refractivity contribution in [3.63, 3.8) is 0 Å². The molecule has 0 bridgehead atoms. The van der Waals surface area contributed by atoms with E-state index in [4.69, 9.17) is 4.74 Å². The number of nitrogens with zero attached hydrogens (tertiary/aromatic N) is 4. The number of methoxy groups -OCH3 is 1. The molecule has 0 spiro atoms. The van der Waals surface area contributed by atoms with E-state index in [1.807, 2.05) is 41.0 Å². The van der Waals surface area contributed by atoms with E-state index in [-0.39, 0.29) is 11.5 Å². The number of ketones is 1. The van der Waals surface area contributed by atoms with E-state index in [1.54, 1.807) is 19.5 Å². The Hall–Kier alpha value is -2.03. The molecule has 0 aliphatic carbocycles. The lowest BCUT2D eigenvalue weighted by Gasteiger charge is -2.09. The Morgan fingerprint density at radius 1 is 1.19 bits per heavy atom. The number of hydrogen-bond donors (Lipinski definition) is 0. The highest BCUT2D eigenvalue weighted by Crippen LogP contribution is 2.25. The first-order valence-corrected chi connectivity index (χ1v) is 9.71. The van der Waals surface area contributed by atoms with E-state index < -0.39 is 0 Å². The van der Waals surface area contributed by atoms with Crippen molar-refractivity contribution in [2.75, 3.05) is 19.5 Å². The monoisotopic (exact) mass is 432 g/mol. The van der Waals surface area contributed by atoms with Crippen LogP contribution < -0.4 is 0 Å². The van der Waals surface area contributed by atoms with Crippen molar-refractivity contribution in [1.82, 2.24) is 19.7 Å². The van der Waals surface area contributed by atoms with Crippen LogP contribution in [0.2, 0.25) is 0 Å². The molecule has 6 nitrogen and oxygen atoms in total. The van der Waals surface area contributed by atoms with Crippen molar-refractivity contribution in [2.24, 2.45) is 0 Å². The summed E-state index contributed by atoms with van der Waals surface area (Å²) in [7, 11) is 1.65. The zero-order valence-electron chi connectivity index (χ0n) is 14.1. The second kappa shape index (κ2) is 9.07.